The fraction of sp³-hybridized carbons (Fsp3) is 0.143. The van der Waals surface area contributed by atoms with E-state index in [-0.39, 0.29) is 22.8 Å². The minimum Gasteiger partial charge on any atom is -0.264 e. The molecule has 0 unspecified atom stereocenters. The molecule has 2 aromatic rings. The van der Waals surface area contributed by atoms with Crippen molar-refractivity contribution in [2.45, 2.75) is 11.8 Å². The van der Waals surface area contributed by atoms with E-state index in [1.807, 2.05) is 0 Å². The number of nitrogens with zero attached hydrogens (tertiary/aromatic N) is 2. The molecule has 2 rings (SSSR count). The third kappa shape index (κ3) is 2.91. The number of non-ortho nitro benzene ring substituents is 1. The summed E-state index contributed by atoms with van der Waals surface area (Å²) >= 11 is 0. The summed E-state index contributed by atoms with van der Waals surface area (Å²) in [6.45, 7) is 1.61. The molecule has 6 nitrogen and oxygen atoms in total. The van der Waals surface area contributed by atoms with Crippen molar-refractivity contribution in [3.63, 3.8) is 0 Å². The Morgan fingerprint density at radius 2 is 1.73 bits per heavy atom. The minimum atomic E-state index is -4.00. The molecular formula is C14H13FN2O4S. The second-order valence-electron chi connectivity index (χ2n) is 4.37. The lowest BCUT2D eigenvalue weighted by Gasteiger charge is -2.23. The van der Waals surface area contributed by atoms with Crippen LogP contribution in [-0.4, -0.2) is 19.9 Å². The largest absolute Gasteiger partial charge is 0.269 e. The first-order chi connectivity index (χ1) is 10.4. The van der Waals surface area contributed by atoms with E-state index < -0.39 is 20.8 Å². The van der Waals surface area contributed by atoms with E-state index in [4.69, 9.17) is 0 Å². The fourth-order valence-electron chi connectivity index (χ4n) is 1.99. The Balaban J connectivity index is 2.47. The summed E-state index contributed by atoms with van der Waals surface area (Å²) in [4.78, 5) is 9.86. The van der Waals surface area contributed by atoms with Gasteiger partial charge in [0.1, 0.15) is 5.82 Å². The number of halogens is 1. The maximum absolute atomic E-state index is 13.8. The molecule has 0 N–H and O–H groups in total. The number of nitro groups is 1. The van der Waals surface area contributed by atoms with Crippen molar-refractivity contribution in [1.29, 1.82) is 0 Å². The van der Waals surface area contributed by atoms with Crippen molar-refractivity contribution < 1.29 is 17.7 Å². The van der Waals surface area contributed by atoms with Gasteiger partial charge in [-0.1, -0.05) is 12.1 Å². The van der Waals surface area contributed by atoms with E-state index in [1.54, 1.807) is 6.92 Å². The smallest absolute Gasteiger partial charge is 0.264 e. The molecule has 0 amide bonds. The zero-order valence-electron chi connectivity index (χ0n) is 11.6. The number of nitro benzene ring substituents is 1. The predicted octanol–water partition coefficient (Wildman–Crippen LogP) is 2.95. The standard InChI is InChI=1S/C14H13FN2O4S/c1-2-16(14-6-4-3-5-13(14)15)22(20,21)12-9-7-11(8-10-12)17(18)19/h3-10H,2H2,1H3. The Bertz CT molecular complexity index is 791. The molecule has 0 aliphatic heterocycles. The number of benzene rings is 2. The number of hydrogen-bond donors (Lipinski definition) is 0. The molecular weight excluding hydrogens is 311 g/mol. The number of anilines is 1. The second kappa shape index (κ2) is 6.10. The molecule has 0 heterocycles. The maximum Gasteiger partial charge on any atom is 0.269 e. The predicted molar refractivity (Wildman–Crippen MR) is 79.7 cm³/mol. The Morgan fingerprint density at radius 3 is 2.23 bits per heavy atom. The zero-order valence-corrected chi connectivity index (χ0v) is 12.5. The highest BCUT2D eigenvalue weighted by Crippen LogP contribution is 2.26. The topological polar surface area (TPSA) is 80.5 Å². The highest BCUT2D eigenvalue weighted by molar-refractivity contribution is 7.92. The van der Waals surface area contributed by atoms with Gasteiger partial charge in [0.2, 0.25) is 0 Å². The number of para-hydroxylation sites is 1. The van der Waals surface area contributed by atoms with Crippen molar-refractivity contribution in [2.24, 2.45) is 0 Å². The van der Waals surface area contributed by atoms with Gasteiger partial charge >= 0.3 is 0 Å². The average Bonchev–Trinajstić information content (AvgIpc) is 2.50. The van der Waals surface area contributed by atoms with Crippen LogP contribution >= 0.6 is 0 Å². The molecule has 22 heavy (non-hydrogen) atoms. The zero-order chi connectivity index (χ0) is 16.3. The van der Waals surface area contributed by atoms with Gasteiger partial charge in [0.25, 0.3) is 15.7 Å². The van der Waals surface area contributed by atoms with Crippen molar-refractivity contribution in [2.75, 3.05) is 10.8 Å². The van der Waals surface area contributed by atoms with Crippen LogP contribution in [0.4, 0.5) is 15.8 Å². The van der Waals surface area contributed by atoms with Crippen LogP contribution in [0.5, 0.6) is 0 Å². The van der Waals surface area contributed by atoms with E-state index in [0.717, 1.165) is 28.6 Å². The fourth-order valence-corrected chi connectivity index (χ4v) is 3.47. The normalized spacial score (nSPS) is 11.2. The quantitative estimate of drug-likeness (QED) is 0.625. The van der Waals surface area contributed by atoms with Crippen LogP contribution in [0.15, 0.2) is 53.4 Å². The highest BCUT2D eigenvalue weighted by Gasteiger charge is 2.26. The number of rotatable bonds is 5. The minimum absolute atomic E-state index is 0.0280. The molecule has 0 bridgehead atoms. The van der Waals surface area contributed by atoms with E-state index in [1.165, 1.54) is 24.3 Å². The van der Waals surface area contributed by atoms with Gasteiger partial charge in [-0.25, -0.2) is 12.8 Å². The summed E-state index contributed by atoms with van der Waals surface area (Å²) in [7, 11) is -4.00. The van der Waals surface area contributed by atoms with Gasteiger partial charge in [-0.2, -0.15) is 0 Å². The first-order valence-corrected chi connectivity index (χ1v) is 7.83. The van der Waals surface area contributed by atoms with Crippen LogP contribution in [0.3, 0.4) is 0 Å². The molecule has 0 fully saturated rings. The summed E-state index contributed by atoms with van der Waals surface area (Å²) in [6, 6.07) is 10.0. The van der Waals surface area contributed by atoms with E-state index in [9.17, 15) is 22.9 Å². The summed E-state index contributed by atoms with van der Waals surface area (Å²) in [5, 5.41) is 10.6. The van der Waals surface area contributed by atoms with Crippen LogP contribution in [0.1, 0.15) is 6.92 Å². The molecule has 0 aromatic heterocycles. The van der Waals surface area contributed by atoms with E-state index >= 15 is 0 Å². The lowest BCUT2D eigenvalue weighted by Crippen LogP contribution is -2.31. The third-order valence-electron chi connectivity index (χ3n) is 3.04. The van der Waals surface area contributed by atoms with Crippen molar-refractivity contribution in [1.82, 2.24) is 0 Å². The Hall–Kier alpha value is -2.48. The van der Waals surface area contributed by atoms with Gasteiger partial charge in [0.05, 0.1) is 15.5 Å². The molecule has 0 saturated carbocycles. The number of sulfonamides is 1. The second-order valence-corrected chi connectivity index (χ2v) is 6.23. The van der Waals surface area contributed by atoms with Crippen molar-refractivity contribution in [3.8, 4) is 0 Å². The first-order valence-electron chi connectivity index (χ1n) is 6.39. The summed E-state index contributed by atoms with van der Waals surface area (Å²) in [5.74, 6) is -0.658. The molecule has 2 aromatic carbocycles. The van der Waals surface area contributed by atoms with Gasteiger partial charge in [-0.05, 0) is 31.2 Å². The van der Waals surface area contributed by atoms with Crippen LogP contribution in [-0.2, 0) is 10.0 Å². The van der Waals surface area contributed by atoms with Crippen LogP contribution in [0.2, 0.25) is 0 Å². The summed E-state index contributed by atoms with van der Waals surface area (Å²) in [5.41, 5.74) is -0.281. The molecule has 0 aliphatic carbocycles. The first kappa shape index (κ1) is 15.9. The van der Waals surface area contributed by atoms with Gasteiger partial charge in [-0.15, -0.1) is 0 Å². The molecule has 0 spiro atoms. The third-order valence-corrected chi connectivity index (χ3v) is 4.95. The van der Waals surface area contributed by atoms with Gasteiger partial charge < -0.3 is 0 Å². The van der Waals surface area contributed by atoms with Crippen LogP contribution < -0.4 is 4.31 Å². The summed E-state index contributed by atoms with van der Waals surface area (Å²) < 4.78 is 39.9. The average molecular weight is 324 g/mol. The lowest BCUT2D eigenvalue weighted by atomic mass is 10.3. The SMILES string of the molecule is CCN(c1ccccc1F)S(=O)(=O)c1ccc([N+](=O)[O-])cc1. The van der Waals surface area contributed by atoms with E-state index in [0.29, 0.717) is 0 Å². The van der Waals surface area contributed by atoms with Crippen LogP contribution in [0.25, 0.3) is 0 Å². The molecule has 0 atom stereocenters. The number of hydrogen-bond acceptors (Lipinski definition) is 4. The Labute approximate surface area is 127 Å². The molecule has 0 aliphatic rings. The van der Waals surface area contributed by atoms with Gasteiger partial charge in [0, 0.05) is 18.7 Å². The van der Waals surface area contributed by atoms with Gasteiger partial charge in [-0.3, -0.25) is 14.4 Å². The van der Waals surface area contributed by atoms with Crippen LogP contribution in [0, 0.1) is 15.9 Å². The molecule has 116 valence electrons. The molecule has 8 heteroatoms. The Morgan fingerprint density at radius 1 is 1.14 bits per heavy atom. The molecule has 0 saturated heterocycles. The van der Waals surface area contributed by atoms with E-state index in [2.05, 4.69) is 0 Å². The lowest BCUT2D eigenvalue weighted by molar-refractivity contribution is -0.384. The monoisotopic (exact) mass is 324 g/mol. The Kier molecular flexibility index (Phi) is 4.41. The van der Waals surface area contributed by atoms with Gasteiger partial charge in [0.15, 0.2) is 0 Å². The highest BCUT2D eigenvalue weighted by atomic mass is 32.2. The molecule has 0 radical (unpaired) electrons. The summed E-state index contributed by atoms with van der Waals surface area (Å²) in [6.07, 6.45) is 0. The van der Waals surface area contributed by atoms with Crippen molar-refractivity contribution >= 4 is 21.4 Å². The van der Waals surface area contributed by atoms with Crippen molar-refractivity contribution in [3.05, 3.63) is 64.5 Å². The maximum atomic E-state index is 13.8.